The molecule has 210 valence electrons. The molecule has 3 aliphatic heterocycles. The van der Waals surface area contributed by atoms with Crippen molar-refractivity contribution in [2.24, 2.45) is 0 Å². The fraction of sp³-hybridized carbons (Fsp3) is 0.950. The molecule has 0 bridgehead atoms. The highest BCUT2D eigenvalue weighted by molar-refractivity contribution is 5.73. The van der Waals surface area contributed by atoms with Crippen LogP contribution in [0.15, 0.2) is 0 Å². The molecule has 3 aliphatic rings. The molecule has 0 aromatic rings. The molecule has 1 unspecified atom stereocenters. The zero-order valence-electron chi connectivity index (χ0n) is 19.5. The largest absolute Gasteiger partial charge is 0.394 e. The van der Waals surface area contributed by atoms with E-state index < -0.39 is 111 Å². The molecule has 0 saturated carbocycles. The summed E-state index contributed by atoms with van der Waals surface area (Å²) in [6.45, 7) is 1.29. The summed E-state index contributed by atoms with van der Waals surface area (Å²) in [6.07, 6.45) is -21.5. The van der Waals surface area contributed by atoms with Crippen molar-refractivity contribution in [3.63, 3.8) is 0 Å². The average Bonchev–Trinajstić information content (AvgIpc) is 2.83. The summed E-state index contributed by atoms with van der Waals surface area (Å²) in [5.74, 6) is -0.614. The summed E-state index contributed by atoms with van der Waals surface area (Å²) in [5.41, 5.74) is 0. The molecule has 36 heavy (non-hydrogen) atoms. The van der Waals surface area contributed by atoms with Gasteiger partial charge in [-0.05, 0) is 6.92 Å². The molecule has 0 radical (unpaired) electrons. The number of nitrogens with one attached hydrogen (secondary N) is 1. The number of aliphatic hydroxyl groups excluding tert-OH is 9. The van der Waals surface area contributed by atoms with E-state index in [0.717, 1.165) is 6.92 Å². The average molecular weight is 529 g/mol. The smallest absolute Gasteiger partial charge is 0.217 e. The number of amides is 1. The second-order valence-electron chi connectivity index (χ2n) is 9.09. The topological polar surface area (TPSA) is 257 Å². The highest BCUT2D eigenvalue weighted by atomic mass is 16.7. The van der Waals surface area contributed by atoms with Crippen molar-refractivity contribution in [1.29, 1.82) is 0 Å². The fourth-order valence-electron chi connectivity index (χ4n) is 4.30. The van der Waals surface area contributed by atoms with Gasteiger partial charge in [-0.3, -0.25) is 4.79 Å². The van der Waals surface area contributed by atoms with Crippen LogP contribution in [0.3, 0.4) is 0 Å². The van der Waals surface area contributed by atoms with Crippen molar-refractivity contribution < 1.29 is 74.4 Å². The Kier molecular flexibility index (Phi) is 9.97. The molecule has 3 rings (SSSR count). The molecule has 0 aliphatic carbocycles. The Morgan fingerprint density at radius 1 is 0.778 bits per heavy atom. The second kappa shape index (κ2) is 12.2. The Hall–Kier alpha value is -1.09. The van der Waals surface area contributed by atoms with Crippen molar-refractivity contribution in [3.8, 4) is 0 Å². The van der Waals surface area contributed by atoms with Gasteiger partial charge in [-0.25, -0.2) is 0 Å². The molecule has 3 fully saturated rings. The summed E-state index contributed by atoms with van der Waals surface area (Å²) in [6, 6.07) is -1.31. The van der Waals surface area contributed by atoms with Gasteiger partial charge in [-0.2, -0.15) is 0 Å². The first-order valence-corrected chi connectivity index (χ1v) is 11.4. The van der Waals surface area contributed by atoms with Crippen LogP contribution in [0.25, 0.3) is 0 Å². The highest BCUT2D eigenvalue weighted by Crippen LogP contribution is 2.30. The van der Waals surface area contributed by atoms with Crippen LogP contribution in [0.4, 0.5) is 0 Å². The number of aliphatic hydroxyl groups is 9. The summed E-state index contributed by atoms with van der Waals surface area (Å²) >= 11 is 0. The monoisotopic (exact) mass is 529 g/mol. The van der Waals surface area contributed by atoms with Gasteiger partial charge in [0.05, 0.1) is 19.3 Å². The van der Waals surface area contributed by atoms with Gasteiger partial charge >= 0.3 is 0 Å². The highest BCUT2D eigenvalue weighted by Gasteiger charge is 2.52. The van der Waals surface area contributed by atoms with Crippen LogP contribution in [0.5, 0.6) is 0 Å². The summed E-state index contributed by atoms with van der Waals surface area (Å²) in [4.78, 5) is 11.9. The molecule has 0 spiro atoms. The minimum Gasteiger partial charge on any atom is -0.394 e. The maximum Gasteiger partial charge on any atom is 0.217 e. The third-order valence-corrected chi connectivity index (χ3v) is 6.43. The van der Waals surface area contributed by atoms with Gasteiger partial charge in [0.15, 0.2) is 18.9 Å². The van der Waals surface area contributed by atoms with E-state index in [0.29, 0.717) is 0 Å². The lowest BCUT2D eigenvalue weighted by Crippen LogP contribution is -2.68. The van der Waals surface area contributed by atoms with E-state index >= 15 is 0 Å². The predicted molar refractivity (Wildman–Crippen MR) is 111 cm³/mol. The third-order valence-electron chi connectivity index (χ3n) is 6.43. The Labute approximate surface area is 205 Å². The molecule has 0 aromatic heterocycles. The number of ether oxygens (including phenoxy) is 5. The van der Waals surface area contributed by atoms with Gasteiger partial charge in [0, 0.05) is 6.92 Å². The Morgan fingerprint density at radius 3 is 2.03 bits per heavy atom. The van der Waals surface area contributed by atoms with Crippen molar-refractivity contribution in [3.05, 3.63) is 0 Å². The molecule has 3 heterocycles. The quantitative estimate of drug-likeness (QED) is 0.147. The minimum absolute atomic E-state index is 0.547. The van der Waals surface area contributed by atoms with Crippen LogP contribution >= 0.6 is 0 Å². The molecule has 15 atom stereocenters. The Balaban J connectivity index is 1.79. The van der Waals surface area contributed by atoms with Gasteiger partial charge in [-0.1, -0.05) is 0 Å². The first-order valence-electron chi connectivity index (χ1n) is 11.4. The van der Waals surface area contributed by atoms with Gasteiger partial charge in [0.2, 0.25) is 5.91 Å². The molecular weight excluding hydrogens is 494 g/mol. The Morgan fingerprint density at radius 2 is 1.42 bits per heavy atom. The van der Waals surface area contributed by atoms with Crippen molar-refractivity contribution in [2.75, 3.05) is 13.2 Å². The second-order valence-corrected chi connectivity index (χ2v) is 9.09. The van der Waals surface area contributed by atoms with Gasteiger partial charge in [-0.15, -0.1) is 0 Å². The van der Waals surface area contributed by atoms with Crippen LogP contribution in [-0.4, -0.2) is 157 Å². The molecule has 16 heteroatoms. The van der Waals surface area contributed by atoms with Gasteiger partial charge in [0.1, 0.15) is 67.1 Å². The maximum atomic E-state index is 11.9. The minimum atomic E-state index is -1.83. The summed E-state index contributed by atoms with van der Waals surface area (Å²) < 4.78 is 27.3. The molecule has 0 aromatic carbocycles. The zero-order valence-corrected chi connectivity index (χ0v) is 19.5. The van der Waals surface area contributed by atoms with E-state index in [4.69, 9.17) is 23.7 Å². The third kappa shape index (κ3) is 6.13. The van der Waals surface area contributed by atoms with E-state index in [1.165, 1.54) is 6.92 Å². The van der Waals surface area contributed by atoms with Crippen molar-refractivity contribution >= 4 is 5.91 Å². The molecule has 3 saturated heterocycles. The van der Waals surface area contributed by atoms with Crippen molar-refractivity contribution in [1.82, 2.24) is 5.32 Å². The van der Waals surface area contributed by atoms with Crippen LogP contribution < -0.4 is 5.32 Å². The molecule has 16 nitrogen and oxygen atoms in total. The summed E-state index contributed by atoms with van der Waals surface area (Å²) in [7, 11) is 0. The predicted octanol–water partition coefficient (Wildman–Crippen LogP) is -6.40. The molecular formula is C20H35NO15. The van der Waals surface area contributed by atoms with E-state index in [-0.39, 0.29) is 0 Å². The number of carbonyl (C=O) groups is 1. The van der Waals surface area contributed by atoms with Crippen LogP contribution in [-0.2, 0) is 28.5 Å². The molecule has 10 N–H and O–H groups in total. The van der Waals surface area contributed by atoms with Crippen LogP contribution in [0, 0.1) is 0 Å². The van der Waals surface area contributed by atoms with E-state index in [2.05, 4.69) is 5.32 Å². The van der Waals surface area contributed by atoms with E-state index in [9.17, 15) is 50.8 Å². The van der Waals surface area contributed by atoms with Gasteiger partial charge < -0.3 is 75.0 Å². The number of rotatable bonds is 7. The first-order chi connectivity index (χ1) is 16.9. The maximum absolute atomic E-state index is 11.9. The number of hydrogen-bond acceptors (Lipinski definition) is 15. The van der Waals surface area contributed by atoms with Gasteiger partial charge in [0.25, 0.3) is 0 Å². The molecule has 1 amide bonds. The van der Waals surface area contributed by atoms with Crippen LogP contribution in [0.2, 0.25) is 0 Å². The standard InChI is InChI=1S/C20H35NO15/c1-5-10(24)13(27)16(30)20(33-5)36-17-9(21-6(2)23)19(35-7(3-22)12(17)26)32-4-8-11(25)14(28)15(29)18(31)34-8/h5,7-20,22,24-31H,3-4H2,1-2H3,(H,21,23)/t5-,7+,8+,9+,10+,11+,12+,13+,14-,15-,16-,17+,18?,19+,20-/m0/s1. The number of carbonyl (C=O) groups excluding carboxylic acids is 1. The van der Waals surface area contributed by atoms with Crippen LogP contribution in [0.1, 0.15) is 13.8 Å². The van der Waals surface area contributed by atoms with E-state index in [1.807, 2.05) is 0 Å². The fourth-order valence-corrected chi connectivity index (χ4v) is 4.30. The first kappa shape index (κ1) is 29.5. The zero-order chi connectivity index (χ0) is 26.9. The van der Waals surface area contributed by atoms with E-state index in [1.54, 1.807) is 0 Å². The normalized spacial score (nSPS) is 50.0. The lowest BCUT2D eigenvalue weighted by atomic mass is 9.95. The lowest BCUT2D eigenvalue weighted by molar-refractivity contribution is -0.346. The Bertz CT molecular complexity index is 731. The SMILES string of the molecule is CC(=O)N[C@H]1[C@H](OC[C@H]2OC(O)[C@@H](O)[C@@H](O)[C@@H]2O)O[C@H](CO)[C@@H](O)[C@@H]1O[C@@H]1O[C@@H](C)[C@@H](O)[C@@H](O)[C@@H]1O. The number of hydrogen-bond donors (Lipinski definition) is 10. The lowest BCUT2D eigenvalue weighted by Gasteiger charge is -2.47. The van der Waals surface area contributed by atoms with Crippen molar-refractivity contribution in [2.45, 2.75) is 106 Å². The summed E-state index contributed by atoms with van der Waals surface area (Å²) in [5, 5.41) is 92.6.